The zero-order valence-corrected chi connectivity index (χ0v) is 16.0. The standard InChI is InChI=1S/C19H17ClN6O3/c20-16-5-4-15(11-17(16)26(28)29)23-19(27)14(12-21)13-24-7-9-25(10-8-24)18-3-1-2-6-22-18/h1-6,11,13H,7-10H2,(H,23,27)/b14-13-. The maximum absolute atomic E-state index is 12.4. The summed E-state index contributed by atoms with van der Waals surface area (Å²) in [4.78, 5) is 31.1. The molecule has 1 aromatic heterocycles. The number of rotatable bonds is 5. The molecule has 2 aromatic rings. The summed E-state index contributed by atoms with van der Waals surface area (Å²) in [5, 5.41) is 22.8. The lowest BCUT2D eigenvalue weighted by molar-refractivity contribution is -0.384. The van der Waals surface area contributed by atoms with Gasteiger partial charge in [0.25, 0.3) is 11.6 Å². The molecule has 0 saturated carbocycles. The number of aromatic nitrogens is 1. The van der Waals surface area contributed by atoms with Gasteiger partial charge < -0.3 is 15.1 Å². The van der Waals surface area contributed by atoms with E-state index in [-0.39, 0.29) is 22.0 Å². The van der Waals surface area contributed by atoms with E-state index in [1.165, 1.54) is 18.3 Å². The molecule has 29 heavy (non-hydrogen) atoms. The first-order chi connectivity index (χ1) is 14.0. The predicted octanol–water partition coefficient (Wildman–Crippen LogP) is 2.81. The van der Waals surface area contributed by atoms with Gasteiger partial charge in [0.05, 0.1) is 4.92 Å². The Morgan fingerprint density at radius 3 is 2.66 bits per heavy atom. The summed E-state index contributed by atoms with van der Waals surface area (Å²) in [6.07, 6.45) is 3.25. The molecule has 1 aliphatic heterocycles. The molecule has 0 aliphatic carbocycles. The number of halogens is 1. The van der Waals surface area contributed by atoms with Crippen LogP contribution in [0.2, 0.25) is 5.02 Å². The molecular weight excluding hydrogens is 396 g/mol. The van der Waals surface area contributed by atoms with Gasteiger partial charge in [0, 0.05) is 50.3 Å². The second kappa shape index (κ2) is 9.03. The fourth-order valence-corrected chi connectivity index (χ4v) is 3.06. The number of hydrogen-bond donors (Lipinski definition) is 1. The molecule has 1 aliphatic rings. The third-order valence-electron chi connectivity index (χ3n) is 4.36. The number of nitrogens with one attached hydrogen (secondary N) is 1. The number of pyridine rings is 1. The van der Waals surface area contributed by atoms with E-state index < -0.39 is 10.8 Å². The highest BCUT2D eigenvalue weighted by Crippen LogP contribution is 2.27. The zero-order valence-electron chi connectivity index (χ0n) is 15.3. The van der Waals surface area contributed by atoms with Crippen LogP contribution in [0.1, 0.15) is 0 Å². The minimum atomic E-state index is -0.642. The van der Waals surface area contributed by atoms with Gasteiger partial charge in [-0.15, -0.1) is 0 Å². The lowest BCUT2D eigenvalue weighted by atomic mass is 10.2. The number of nitro groups is 1. The van der Waals surface area contributed by atoms with Crippen LogP contribution in [-0.4, -0.2) is 46.9 Å². The van der Waals surface area contributed by atoms with E-state index in [0.29, 0.717) is 26.2 Å². The molecule has 1 amide bonds. The van der Waals surface area contributed by atoms with Gasteiger partial charge in [-0.25, -0.2) is 4.98 Å². The maximum Gasteiger partial charge on any atom is 0.289 e. The monoisotopic (exact) mass is 412 g/mol. The lowest BCUT2D eigenvalue weighted by Crippen LogP contribution is -2.44. The number of amides is 1. The first-order valence-corrected chi connectivity index (χ1v) is 9.13. The highest BCUT2D eigenvalue weighted by molar-refractivity contribution is 6.32. The number of piperazine rings is 1. The van der Waals surface area contributed by atoms with Gasteiger partial charge in [-0.1, -0.05) is 17.7 Å². The van der Waals surface area contributed by atoms with Gasteiger partial charge in [-0.05, 0) is 24.3 Å². The topological polar surface area (TPSA) is 115 Å². The van der Waals surface area contributed by atoms with Crippen molar-refractivity contribution in [1.82, 2.24) is 9.88 Å². The van der Waals surface area contributed by atoms with Crippen LogP contribution < -0.4 is 10.2 Å². The molecule has 0 bridgehead atoms. The Balaban J connectivity index is 1.64. The van der Waals surface area contributed by atoms with E-state index in [0.717, 1.165) is 11.9 Å². The fourth-order valence-electron chi connectivity index (χ4n) is 2.87. The second-order valence-electron chi connectivity index (χ2n) is 6.24. The van der Waals surface area contributed by atoms with E-state index >= 15 is 0 Å². The van der Waals surface area contributed by atoms with Crippen molar-refractivity contribution in [1.29, 1.82) is 5.26 Å². The highest BCUT2D eigenvalue weighted by Gasteiger charge is 2.19. The Morgan fingerprint density at radius 1 is 1.28 bits per heavy atom. The van der Waals surface area contributed by atoms with E-state index in [9.17, 15) is 20.2 Å². The van der Waals surface area contributed by atoms with Crippen LogP contribution >= 0.6 is 11.6 Å². The predicted molar refractivity (Wildman–Crippen MR) is 108 cm³/mol. The van der Waals surface area contributed by atoms with Crippen LogP contribution in [0, 0.1) is 21.4 Å². The normalized spacial score (nSPS) is 14.3. The summed E-state index contributed by atoms with van der Waals surface area (Å²) in [7, 11) is 0. The summed E-state index contributed by atoms with van der Waals surface area (Å²) >= 11 is 5.77. The molecule has 1 aromatic carbocycles. The lowest BCUT2D eigenvalue weighted by Gasteiger charge is -2.34. The Bertz CT molecular complexity index is 981. The maximum atomic E-state index is 12.4. The Labute approximate surface area is 172 Å². The van der Waals surface area contributed by atoms with Crippen LogP contribution in [0.4, 0.5) is 17.2 Å². The van der Waals surface area contributed by atoms with Crippen molar-refractivity contribution in [2.24, 2.45) is 0 Å². The summed E-state index contributed by atoms with van der Waals surface area (Å²) in [5.41, 5.74) is -0.223. The van der Waals surface area contributed by atoms with Crippen molar-refractivity contribution < 1.29 is 9.72 Å². The molecule has 3 rings (SSSR count). The smallest absolute Gasteiger partial charge is 0.289 e. The summed E-state index contributed by atoms with van der Waals surface area (Å²) in [6, 6.07) is 11.5. The van der Waals surface area contributed by atoms with Crippen LogP contribution in [0.25, 0.3) is 0 Å². The number of anilines is 2. The van der Waals surface area contributed by atoms with Gasteiger partial charge in [-0.2, -0.15) is 5.26 Å². The number of nitrogens with zero attached hydrogens (tertiary/aromatic N) is 5. The highest BCUT2D eigenvalue weighted by atomic mass is 35.5. The quantitative estimate of drug-likeness (QED) is 0.347. The molecule has 10 heteroatoms. The van der Waals surface area contributed by atoms with Gasteiger partial charge in [-0.3, -0.25) is 14.9 Å². The summed E-state index contributed by atoms with van der Waals surface area (Å²) in [6.45, 7) is 2.66. The molecule has 2 heterocycles. The molecule has 0 radical (unpaired) electrons. The van der Waals surface area contributed by atoms with Crippen molar-refractivity contribution in [3.05, 3.63) is 69.5 Å². The van der Waals surface area contributed by atoms with E-state index in [2.05, 4.69) is 15.2 Å². The molecule has 1 fully saturated rings. The molecule has 9 nitrogen and oxygen atoms in total. The van der Waals surface area contributed by atoms with E-state index in [1.807, 2.05) is 29.2 Å². The van der Waals surface area contributed by atoms with Gasteiger partial charge in [0.2, 0.25) is 0 Å². The molecule has 1 saturated heterocycles. The van der Waals surface area contributed by atoms with Crippen molar-refractivity contribution >= 4 is 34.7 Å². The van der Waals surface area contributed by atoms with Gasteiger partial charge >= 0.3 is 0 Å². The minimum absolute atomic E-state index is 0.0326. The van der Waals surface area contributed by atoms with Crippen LogP contribution in [-0.2, 0) is 4.79 Å². The second-order valence-corrected chi connectivity index (χ2v) is 6.65. The van der Waals surface area contributed by atoms with Gasteiger partial charge in [0.15, 0.2) is 0 Å². The first kappa shape index (κ1) is 20.1. The number of hydrogen-bond acceptors (Lipinski definition) is 7. The van der Waals surface area contributed by atoms with Gasteiger partial charge in [0.1, 0.15) is 22.5 Å². The summed E-state index contributed by atoms with van der Waals surface area (Å²) < 4.78 is 0. The average Bonchev–Trinajstić information content (AvgIpc) is 2.74. The fraction of sp³-hybridized carbons (Fsp3) is 0.211. The SMILES string of the molecule is N#C/C(=C/N1CCN(c2ccccn2)CC1)C(=O)Nc1ccc(Cl)c([N+](=O)[O-])c1. The van der Waals surface area contributed by atoms with E-state index in [4.69, 9.17) is 11.6 Å². The number of benzene rings is 1. The third-order valence-corrected chi connectivity index (χ3v) is 4.68. The van der Waals surface area contributed by atoms with Crippen molar-refractivity contribution in [3.63, 3.8) is 0 Å². The molecule has 0 spiro atoms. The number of carbonyl (C=O) groups excluding carboxylic acids is 1. The first-order valence-electron chi connectivity index (χ1n) is 8.75. The minimum Gasteiger partial charge on any atom is -0.373 e. The third kappa shape index (κ3) is 5.00. The number of nitriles is 1. The van der Waals surface area contributed by atoms with Crippen molar-refractivity contribution in [3.8, 4) is 6.07 Å². The van der Waals surface area contributed by atoms with Crippen molar-refractivity contribution in [2.75, 3.05) is 36.4 Å². The van der Waals surface area contributed by atoms with E-state index in [1.54, 1.807) is 6.20 Å². The zero-order chi connectivity index (χ0) is 20.8. The molecule has 0 atom stereocenters. The Kier molecular flexibility index (Phi) is 6.26. The van der Waals surface area contributed by atoms with Crippen LogP contribution in [0.3, 0.4) is 0 Å². The van der Waals surface area contributed by atoms with Crippen LogP contribution in [0.15, 0.2) is 54.4 Å². The molecular formula is C19H17ClN6O3. The molecule has 148 valence electrons. The number of nitro benzene ring substituents is 1. The molecule has 0 unspecified atom stereocenters. The molecule has 1 N–H and O–H groups in total. The van der Waals surface area contributed by atoms with Crippen LogP contribution in [0.5, 0.6) is 0 Å². The summed E-state index contributed by atoms with van der Waals surface area (Å²) in [5.74, 6) is 0.245. The number of carbonyl (C=O) groups is 1. The van der Waals surface area contributed by atoms with Crippen molar-refractivity contribution in [2.45, 2.75) is 0 Å². The largest absolute Gasteiger partial charge is 0.373 e. The average molecular weight is 413 g/mol. The Hall–Kier alpha value is -3.64. The Morgan fingerprint density at radius 2 is 2.03 bits per heavy atom.